The van der Waals surface area contributed by atoms with Gasteiger partial charge >= 0.3 is 5.97 Å². The van der Waals surface area contributed by atoms with Crippen LogP contribution in [0.2, 0.25) is 0 Å². The van der Waals surface area contributed by atoms with Crippen LogP contribution in [0.3, 0.4) is 0 Å². The molecular formula is C19H24N2O5. The molecule has 7 nitrogen and oxygen atoms in total. The Bertz CT molecular complexity index is 691. The van der Waals surface area contributed by atoms with Crippen LogP contribution in [0.15, 0.2) is 24.3 Å². The van der Waals surface area contributed by atoms with Gasteiger partial charge in [-0.2, -0.15) is 0 Å². The van der Waals surface area contributed by atoms with Gasteiger partial charge in [0.1, 0.15) is 11.6 Å². The fourth-order valence-electron chi connectivity index (χ4n) is 3.58. The molecule has 3 rings (SSSR count). The minimum Gasteiger partial charge on any atom is -0.480 e. The molecule has 1 aromatic rings. The minimum atomic E-state index is -1.20. The van der Waals surface area contributed by atoms with Crippen molar-refractivity contribution in [1.82, 2.24) is 5.32 Å². The van der Waals surface area contributed by atoms with E-state index in [1.807, 2.05) is 0 Å². The smallest absolute Gasteiger partial charge is 0.329 e. The molecule has 1 unspecified atom stereocenters. The average Bonchev–Trinajstić information content (AvgIpc) is 3.17. The molecule has 2 aliphatic rings. The van der Waals surface area contributed by atoms with Crippen molar-refractivity contribution in [3.05, 3.63) is 29.8 Å². The van der Waals surface area contributed by atoms with E-state index in [2.05, 4.69) is 10.6 Å². The molecule has 0 radical (unpaired) electrons. The molecular weight excluding hydrogens is 336 g/mol. The Morgan fingerprint density at radius 2 is 1.88 bits per heavy atom. The lowest BCUT2D eigenvalue weighted by atomic mass is 9.81. The maximum Gasteiger partial charge on any atom is 0.329 e. The summed E-state index contributed by atoms with van der Waals surface area (Å²) in [5, 5.41) is 15.1. The summed E-state index contributed by atoms with van der Waals surface area (Å²) >= 11 is 0. The molecule has 0 bridgehead atoms. The third-order valence-electron chi connectivity index (χ3n) is 5.08. The van der Waals surface area contributed by atoms with Crippen LogP contribution < -0.4 is 10.6 Å². The molecule has 0 aromatic heterocycles. The molecule has 1 saturated heterocycles. The van der Waals surface area contributed by atoms with Crippen molar-refractivity contribution in [3.8, 4) is 0 Å². The highest BCUT2D eigenvalue weighted by atomic mass is 16.5. The van der Waals surface area contributed by atoms with E-state index in [1.54, 1.807) is 24.3 Å². The monoisotopic (exact) mass is 360 g/mol. The second-order valence-electron chi connectivity index (χ2n) is 6.97. The Morgan fingerprint density at radius 1 is 1.12 bits per heavy atom. The first-order chi connectivity index (χ1) is 12.5. The Morgan fingerprint density at radius 3 is 2.54 bits per heavy atom. The first kappa shape index (κ1) is 18.4. The van der Waals surface area contributed by atoms with E-state index in [4.69, 9.17) is 4.74 Å². The molecule has 2 amide bonds. The molecule has 26 heavy (non-hydrogen) atoms. The van der Waals surface area contributed by atoms with Gasteiger partial charge in [0.2, 0.25) is 0 Å². The van der Waals surface area contributed by atoms with Gasteiger partial charge in [0, 0.05) is 17.9 Å². The van der Waals surface area contributed by atoms with Crippen LogP contribution in [-0.4, -0.2) is 41.1 Å². The number of rotatable bonds is 5. The van der Waals surface area contributed by atoms with Crippen LogP contribution in [0.1, 0.15) is 55.3 Å². The standard InChI is InChI=1S/C19H24N2O5/c22-16(21-19(18(24)25)9-2-1-3-10-19)13-6-4-7-14(12-13)20-17(23)15-8-5-11-26-15/h4,6-7,12,15H,1-3,5,8-11H2,(H,20,23)(H,21,22)(H,24,25). The fourth-order valence-corrected chi connectivity index (χ4v) is 3.58. The highest BCUT2D eigenvalue weighted by molar-refractivity contribution is 6.00. The zero-order valence-electron chi connectivity index (χ0n) is 14.6. The van der Waals surface area contributed by atoms with Crippen molar-refractivity contribution < 1.29 is 24.2 Å². The van der Waals surface area contributed by atoms with E-state index >= 15 is 0 Å². The van der Waals surface area contributed by atoms with Gasteiger partial charge in [-0.25, -0.2) is 4.79 Å². The first-order valence-corrected chi connectivity index (χ1v) is 9.09. The average molecular weight is 360 g/mol. The van der Waals surface area contributed by atoms with Gasteiger partial charge in [-0.15, -0.1) is 0 Å². The van der Waals surface area contributed by atoms with E-state index < -0.39 is 23.5 Å². The van der Waals surface area contributed by atoms with Gasteiger partial charge in [-0.05, 0) is 43.9 Å². The molecule has 1 aromatic carbocycles. The molecule has 1 saturated carbocycles. The third-order valence-corrected chi connectivity index (χ3v) is 5.08. The van der Waals surface area contributed by atoms with Gasteiger partial charge < -0.3 is 20.5 Å². The quantitative estimate of drug-likeness (QED) is 0.747. The van der Waals surface area contributed by atoms with Crippen molar-refractivity contribution >= 4 is 23.5 Å². The lowest BCUT2D eigenvalue weighted by Crippen LogP contribution is -2.55. The van der Waals surface area contributed by atoms with Crippen LogP contribution >= 0.6 is 0 Å². The summed E-state index contributed by atoms with van der Waals surface area (Å²) < 4.78 is 5.35. The number of carbonyl (C=O) groups excluding carboxylic acids is 2. The third kappa shape index (κ3) is 4.04. The second kappa shape index (κ2) is 7.86. The number of hydrogen-bond acceptors (Lipinski definition) is 4. The van der Waals surface area contributed by atoms with Gasteiger partial charge in [-0.3, -0.25) is 9.59 Å². The van der Waals surface area contributed by atoms with Crippen molar-refractivity contribution in [2.45, 2.75) is 56.6 Å². The van der Waals surface area contributed by atoms with E-state index in [9.17, 15) is 19.5 Å². The number of carboxylic acid groups (broad SMARTS) is 1. The number of benzene rings is 1. The predicted molar refractivity (Wildman–Crippen MR) is 95.0 cm³/mol. The molecule has 2 fully saturated rings. The number of anilines is 1. The summed E-state index contributed by atoms with van der Waals surface area (Å²) in [4.78, 5) is 36.5. The van der Waals surface area contributed by atoms with Crippen LogP contribution in [0.25, 0.3) is 0 Å². The van der Waals surface area contributed by atoms with Gasteiger partial charge in [0.15, 0.2) is 0 Å². The SMILES string of the molecule is O=C(NC1(C(=O)O)CCCCC1)c1cccc(NC(=O)C2CCCO2)c1. The molecule has 7 heteroatoms. The van der Waals surface area contributed by atoms with Gasteiger partial charge in [-0.1, -0.05) is 25.3 Å². The molecule has 1 heterocycles. The number of carbonyl (C=O) groups is 3. The predicted octanol–water partition coefficient (Wildman–Crippen LogP) is 2.32. The maximum atomic E-state index is 12.6. The van der Waals surface area contributed by atoms with Crippen LogP contribution in [0, 0.1) is 0 Å². The van der Waals surface area contributed by atoms with Crippen molar-refractivity contribution in [2.24, 2.45) is 0 Å². The number of hydrogen-bond donors (Lipinski definition) is 3. The van der Waals surface area contributed by atoms with Crippen LogP contribution in [0.4, 0.5) is 5.69 Å². The Kier molecular flexibility index (Phi) is 5.56. The normalized spacial score (nSPS) is 21.8. The molecule has 1 aliphatic carbocycles. The first-order valence-electron chi connectivity index (χ1n) is 9.09. The van der Waals surface area contributed by atoms with Crippen molar-refractivity contribution in [3.63, 3.8) is 0 Å². The largest absolute Gasteiger partial charge is 0.480 e. The van der Waals surface area contributed by atoms with Gasteiger partial charge in [0.25, 0.3) is 11.8 Å². The molecule has 1 atom stereocenters. The number of carboxylic acids is 1. The summed E-state index contributed by atoms with van der Waals surface area (Å²) in [6.45, 7) is 0.581. The lowest BCUT2D eigenvalue weighted by Gasteiger charge is -2.34. The number of ether oxygens (including phenoxy) is 1. The molecule has 140 valence electrons. The summed E-state index contributed by atoms with van der Waals surface area (Å²) in [6, 6.07) is 6.52. The molecule has 0 spiro atoms. The van der Waals surface area contributed by atoms with Gasteiger partial charge in [0.05, 0.1) is 0 Å². The zero-order chi connectivity index (χ0) is 18.6. The van der Waals surface area contributed by atoms with Crippen LogP contribution in [0.5, 0.6) is 0 Å². The minimum absolute atomic E-state index is 0.227. The Labute approximate surface area is 152 Å². The summed E-state index contributed by atoms with van der Waals surface area (Å²) in [5.74, 6) is -1.66. The highest BCUT2D eigenvalue weighted by Crippen LogP contribution is 2.29. The Balaban J connectivity index is 1.69. The second-order valence-corrected chi connectivity index (χ2v) is 6.97. The van der Waals surface area contributed by atoms with E-state index in [0.29, 0.717) is 37.1 Å². The Hall–Kier alpha value is -2.41. The maximum absolute atomic E-state index is 12.6. The number of nitrogens with one attached hydrogen (secondary N) is 2. The van der Waals surface area contributed by atoms with E-state index in [1.165, 1.54) is 0 Å². The summed E-state index contributed by atoms with van der Waals surface area (Å²) in [5.41, 5.74) is -0.390. The zero-order valence-corrected chi connectivity index (χ0v) is 14.6. The summed E-state index contributed by atoms with van der Waals surface area (Å²) in [6.07, 6.45) is 4.51. The molecule has 3 N–H and O–H groups in total. The molecule has 1 aliphatic heterocycles. The number of amides is 2. The van der Waals surface area contributed by atoms with Crippen LogP contribution in [-0.2, 0) is 14.3 Å². The van der Waals surface area contributed by atoms with Crippen molar-refractivity contribution in [1.29, 1.82) is 0 Å². The highest BCUT2D eigenvalue weighted by Gasteiger charge is 2.41. The van der Waals surface area contributed by atoms with E-state index in [-0.39, 0.29) is 5.91 Å². The van der Waals surface area contributed by atoms with E-state index in [0.717, 1.165) is 25.7 Å². The van der Waals surface area contributed by atoms with Crippen molar-refractivity contribution in [2.75, 3.05) is 11.9 Å². The fraction of sp³-hybridized carbons (Fsp3) is 0.526. The number of aliphatic carboxylic acids is 1. The lowest BCUT2D eigenvalue weighted by molar-refractivity contribution is -0.146. The summed E-state index contributed by atoms with van der Waals surface area (Å²) in [7, 11) is 0. The topological polar surface area (TPSA) is 105 Å².